The average molecular weight is 366 g/mol. The van der Waals surface area contributed by atoms with Crippen LogP contribution in [0.4, 0.5) is 14.5 Å². The predicted molar refractivity (Wildman–Crippen MR) is 100 cm³/mol. The molecule has 0 saturated heterocycles. The lowest BCUT2D eigenvalue weighted by atomic mass is 10.0. The highest BCUT2D eigenvalue weighted by Crippen LogP contribution is 2.31. The minimum absolute atomic E-state index is 0.188. The summed E-state index contributed by atoms with van der Waals surface area (Å²) >= 11 is 0. The fourth-order valence-corrected chi connectivity index (χ4v) is 3.31. The zero-order valence-corrected chi connectivity index (χ0v) is 14.7. The molecule has 0 aliphatic heterocycles. The Morgan fingerprint density at radius 1 is 1.04 bits per heavy atom. The van der Waals surface area contributed by atoms with E-state index in [4.69, 9.17) is 5.73 Å². The van der Waals surface area contributed by atoms with Crippen molar-refractivity contribution in [3.63, 3.8) is 0 Å². The Hall–Kier alpha value is -3.48. The van der Waals surface area contributed by atoms with Gasteiger partial charge in [-0.25, -0.2) is 8.78 Å². The summed E-state index contributed by atoms with van der Waals surface area (Å²) in [6.07, 6.45) is 0. The van der Waals surface area contributed by atoms with Crippen LogP contribution in [0.2, 0.25) is 0 Å². The van der Waals surface area contributed by atoms with Crippen molar-refractivity contribution in [2.45, 2.75) is 6.92 Å². The molecule has 0 unspecified atom stereocenters. The molecule has 4 aromatic rings. The lowest BCUT2D eigenvalue weighted by molar-refractivity contribution is 0.585. The molecule has 2 N–H and O–H groups in total. The second-order valence-corrected chi connectivity index (χ2v) is 6.37. The number of benzene rings is 2. The number of nitrogens with zero attached hydrogens (tertiary/aromatic N) is 3. The van der Waals surface area contributed by atoms with E-state index in [2.05, 4.69) is 5.10 Å². The molecule has 136 valence electrons. The summed E-state index contributed by atoms with van der Waals surface area (Å²) in [5.41, 5.74) is 8.97. The number of halogens is 2. The standard InChI is InChI=1S/C20H16F2N4O/c1-11-19(15-8-5-13(21)9-16(15)22)20-25(2)17(10-18(27)26(20)24-11)12-3-6-14(23)7-4-12/h3-10H,23H2,1-2H3. The maximum atomic E-state index is 14.4. The molecule has 0 spiro atoms. The zero-order valence-electron chi connectivity index (χ0n) is 14.7. The second kappa shape index (κ2) is 6.05. The van der Waals surface area contributed by atoms with Crippen LogP contribution >= 0.6 is 0 Å². The van der Waals surface area contributed by atoms with Gasteiger partial charge in [0.1, 0.15) is 17.3 Å². The monoisotopic (exact) mass is 366 g/mol. The van der Waals surface area contributed by atoms with Gasteiger partial charge in [-0.1, -0.05) is 12.1 Å². The summed E-state index contributed by atoms with van der Waals surface area (Å²) in [7, 11) is 1.77. The van der Waals surface area contributed by atoms with Crippen LogP contribution in [0.3, 0.4) is 0 Å². The van der Waals surface area contributed by atoms with Crippen LogP contribution in [-0.4, -0.2) is 14.2 Å². The number of aromatic nitrogens is 3. The van der Waals surface area contributed by atoms with Crippen LogP contribution in [0.25, 0.3) is 28.0 Å². The fraction of sp³-hybridized carbons (Fsp3) is 0.100. The Bertz CT molecular complexity index is 1240. The number of rotatable bonds is 2. The van der Waals surface area contributed by atoms with Crippen molar-refractivity contribution in [1.82, 2.24) is 14.2 Å². The zero-order chi connectivity index (χ0) is 19.3. The number of aryl methyl sites for hydroxylation is 2. The molecule has 2 heterocycles. The lowest BCUT2D eigenvalue weighted by Gasteiger charge is -2.13. The van der Waals surface area contributed by atoms with Crippen molar-refractivity contribution in [3.8, 4) is 22.4 Å². The first-order valence-electron chi connectivity index (χ1n) is 8.27. The maximum Gasteiger partial charge on any atom is 0.274 e. The highest BCUT2D eigenvalue weighted by Gasteiger charge is 2.20. The van der Waals surface area contributed by atoms with Crippen molar-refractivity contribution >= 4 is 11.3 Å². The van der Waals surface area contributed by atoms with Crippen molar-refractivity contribution < 1.29 is 8.78 Å². The Balaban J connectivity index is 2.08. The molecule has 0 bridgehead atoms. The van der Waals surface area contributed by atoms with Gasteiger partial charge >= 0.3 is 0 Å². The van der Waals surface area contributed by atoms with E-state index in [9.17, 15) is 13.6 Å². The molecule has 4 rings (SSSR count). The molecule has 0 fully saturated rings. The Kier molecular flexibility index (Phi) is 3.80. The van der Waals surface area contributed by atoms with Crippen LogP contribution in [0.1, 0.15) is 5.69 Å². The number of nitrogens with two attached hydrogens (primary N) is 1. The molecular formula is C20H16F2N4O. The van der Waals surface area contributed by atoms with Gasteiger partial charge in [0.15, 0.2) is 0 Å². The molecule has 0 amide bonds. The van der Waals surface area contributed by atoms with Gasteiger partial charge in [0, 0.05) is 30.4 Å². The van der Waals surface area contributed by atoms with Gasteiger partial charge in [-0.15, -0.1) is 0 Å². The van der Waals surface area contributed by atoms with Crippen molar-refractivity contribution in [2.75, 3.05) is 5.73 Å². The summed E-state index contributed by atoms with van der Waals surface area (Å²) in [5, 5.41) is 4.27. The summed E-state index contributed by atoms with van der Waals surface area (Å²) in [6, 6.07) is 11.9. The van der Waals surface area contributed by atoms with Gasteiger partial charge in [-0.2, -0.15) is 9.61 Å². The predicted octanol–water partition coefficient (Wildman–Crippen LogP) is 3.54. The summed E-state index contributed by atoms with van der Waals surface area (Å²) in [4.78, 5) is 12.6. The highest BCUT2D eigenvalue weighted by molar-refractivity contribution is 5.82. The quantitative estimate of drug-likeness (QED) is 0.552. The molecule has 0 radical (unpaired) electrons. The molecule has 0 aliphatic carbocycles. The number of nitrogen functional groups attached to an aromatic ring is 1. The van der Waals surface area contributed by atoms with Gasteiger partial charge in [0.25, 0.3) is 5.56 Å². The molecule has 27 heavy (non-hydrogen) atoms. The molecule has 0 atom stereocenters. The van der Waals surface area contributed by atoms with E-state index in [1.807, 2.05) is 12.1 Å². The van der Waals surface area contributed by atoms with Crippen molar-refractivity contribution in [2.24, 2.45) is 7.05 Å². The maximum absolute atomic E-state index is 14.4. The largest absolute Gasteiger partial charge is 0.399 e. The summed E-state index contributed by atoms with van der Waals surface area (Å²) in [6.45, 7) is 1.69. The molecule has 0 saturated carbocycles. The smallest absolute Gasteiger partial charge is 0.274 e. The van der Waals surface area contributed by atoms with Crippen LogP contribution < -0.4 is 11.3 Å². The van der Waals surface area contributed by atoms with Crippen molar-refractivity contribution in [3.05, 3.63) is 76.2 Å². The van der Waals surface area contributed by atoms with Gasteiger partial charge in [0.05, 0.1) is 17.0 Å². The molecule has 2 aromatic heterocycles. The normalized spacial score (nSPS) is 11.3. The minimum Gasteiger partial charge on any atom is -0.399 e. The van der Waals surface area contributed by atoms with Crippen LogP contribution in [-0.2, 0) is 7.05 Å². The van der Waals surface area contributed by atoms with Crippen LogP contribution in [0.15, 0.2) is 53.3 Å². The first-order valence-corrected chi connectivity index (χ1v) is 8.27. The molecule has 0 aliphatic rings. The molecular weight excluding hydrogens is 350 g/mol. The topological polar surface area (TPSA) is 65.3 Å². The third kappa shape index (κ3) is 2.68. The van der Waals surface area contributed by atoms with E-state index in [1.165, 1.54) is 22.7 Å². The summed E-state index contributed by atoms with van der Waals surface area (Å²) < 4.78 is 30.8. The van der Waals surface area contributed by atoms with Gasteiger partial charge < -0.3 is 10.3 Å². The average Bonchev–Trinajstić information content (AvgIpc) is 2.97. The van der Waals surface area contributed by atoms with E-state index in [0.29, 0.717) is 28.3 Å². The third-order valence-corrected chi connectivity index (χ3v) is 4.59. The highest BCUT2D eigenvalue weighted by atomic mass is 19.1. The Labute approximate surface area is 153 Å². The van der Waals surface area contributed by atoms with Crippen LogP contribution in [0, 0.1) is 18.6 Å². The van der Waals surface area contributed by atoms with E-state index in [0.717, 1.165) is 11.6 Å². The second-order valence-electron chi connectivity index (χ2n) is 6.37. The van der Waals surface area contributed by atoms with E-state index in [-0.39, 0.29) is 11.1 Å². The SMILES string of the molecule is Cc1nn2c(=O)cc(-c3ccc(N)cc3)n(C)c2c1-c1ccc(F)cc1F. The fourth-order valence-electron chi connectivity index (χ4n) is 3.31. The van der Waals surface area contributed by atoms with E-state index >= 15 is 0 Å². The molecule has 7 heteroatoms. The van der Waals surface area contributed by atoms with E-state index < -0.39 is 11.6 Å². The third-order valence-electron chi connectivity index (χ3n) is 4.59. The Morgan fingerprint density at radius 2 is 1.74 bits per heavy atom. The minimum atomic E-state index is -0.710. The number of fused-ring (bicyclic) bond motifs is 1. The number of hydrogen-bond donors (Lipinski definition) is 1. The summed E-state index contributed by atoms with van der Waals surface area (Å²) in [5.74, 6) is -1.37. The van der Waals surface area contributed by atoms with Gasteiger partial charge in [-0.05, 0) is 36.8 Å². The lowest BCUT2D eigenvalue weighted by Crippen LogP contribution is -2.18. The molecule has 2 aromatic carbocycles. The van der Waals surface area contributed by atoms with Gasteiger partial charge in [-0.3, -0.25) is 4.79 Å². The molecule has 5 nitrogen and oxygen atoms in total. The van der Waals surface area contributed by atoms with Gasteiger partial charge in [0.2, 0.25) is 0 Å². The van der Waals surface area contributed by atoms with Crippen LogP contribution in [0.5, 0.6) is 0 Å². The van der Waals surface area contributed by atoms with E-state index in [1.54, 1.807) is 30.7 Å². The number of anilines is 1. The number of hydrogen-bond acceptors (Lipinski definition) is 3. The first-order chi connectivity index (χ1) is 12.9. The Morgan fingerprint density at radius 3 is 2.41 bits per heavy atom. The first kappa shape index (κ1) is 17.0. The van der Waals surface area contributed by atoms with Crippen molar-refractivity contribution in [1.29, 1.82) is 0 Å².